The van der Waals surface area contributed by atoms with Crippen molar-refractivity contribution in [2.45, 2.75) is 46.5 Å². The van der Waals surface area contributed by atoms with Gasteiger partial charge in [-0.05, 0) is 53.3 Å². The summed E-state index contributed by atoms with van der Waals surface area (Å²) < 4.78 is 5.15. The molecule has 2 rings (SSSR count). The fraction of sp³-hybridized carbons (Fsp3) is 0.375. The molecule has 0 spiro atoms. The van der Waals surface area contributed by atoms with Gasteiger partial charge in [-0.1, -0.05) is 46.8 Å². The molecule has 0 fully saturated rings. The lowest BCUT2D eigenvalue weighted by Crippen LogP contribution is -2.16. The summed E-state index contributed by atoms with van der Waals surface area (Å²) in [5, 5.41) is 2.79. The smallest absolute Gasteiger partial charge is 0.338 e. The van der Waals surface area contributed by atoms with Crippen LogP contribution in [0.1, 0.15) is 67.3 Å². The third kappa shape index (κ3) is 6.86. The lowest BCUT2D eigenvalue weighted by Gasteiger charge is -2.18. The molecule has 154 valence electrons. The maximum absolute atomic E-state index is 12.3. The minimum Gasteiger partial charge on any atom is -0.454 e. The Labute approximate surface area is 172 Å². The van der Waals surface area contributed by atoms with E-state index >= 15 is 0 Å². The van der Waals surface area contributed by atoms with Crippen LogP contribution in [0.4, 0.5) is 5.69 Å². The van der Waals surface area contributed by atoms with Crippen molar-refractivity contribution in [3.63, 3.8) is 0 Å². The molecule has 0 unspecified atom stereocenters. The first-order valence-electron chi connectivity index (χ1n) is 9.77. The zero-order chi connectivity index (χ0) is 21.6. The van der Waals surface area contributed by atoms with Crippen molar-refractivity contribution in [1.82, 2.24) is 0 Å². The van der Waals surface area contributed by atoms with Crippen LogP contribution in [0.25, 0.3) is 0 Å². The molecular weight excluding hydrogens is 366 g/mol. The number of carbonyl (C=O) groups excluding carboxylic acids is 3. The summed E-state index contributed by atoms with van der Waals surface area (Å²) in [6.45, 7) is 9.90. The van der Waals surface area contributed by atoms with Crippen molar-refractivity contribution in [3.8, 4) is 0 Å². The molecule has 0 aliphatic heterocycles. The molecule has 5 nitrogen and oxygen atoms in total. The molecule has 5 heteroatoms. The third-order valence-corrected chi connectivity index (χ3v) is 4.41. The highest BCUT2D eigenvalue weighted by Crippen LogP contribution is 2.22. The summed E-state index contributed by atoms with van der Waals surface area (Å²) in [5.74, 6) is -0.623. The largest absolute Gasteiger partial charge is 0.454 e. The lowest BCUT2D eigenvalue weighted by atomic mass is 9.87. The van der Waals surface area contributed by atoms with Crippen molar-refractivity contribution in [2.24, 2.45) is 5.92 Å². The zero-order valence-electron chi connectivity index (χ0n) is 17.7. The first-order chi connectivity index (χ1) is 13.6. The van der Waals surface area contributed by atoms with Gasteiger partial charge in [-0.3, -0.25) is 9.59 Å². The van der Waals surface area contributed by atoms with E-state index in [1.54, 1.807) is 36.4 Å². The van der Waals surface area contributed by atoms with Crippen LogP contribution >= 0.6 is 0 Å². The molecule has 2 aromatic rings. The average molecular weight is 395 g/mol. The summed E-state index contributed by atoms with van der Waals surface area (Å²) in [4.78, 5) is 36.3. The fourth-order valence-corrected chi connectivity index (χ4v) is 2.73. The van der Waals surface area contributed by atoms with Gasteiger partial charge in [0.15, 0.2) is 12.4 Å². The van der Waals surface area contributed by atoms with E-state index in [1.807, 2.05) is 26.0 Å². The van der Waals surface area contributed by atoms with Crippen LogP contribution in [-0.2, 0) is 14.9 Å². The minimum atomic E-state index is -0.531. The Morgan fingerprint density at radius 1 is 0.897 bits per heavy atom. The first kappa shape index (κ1) is 22.3. The number of hydrogen-bond donors (Lipinski definition) is 1. The molecule has 0 saturated carbocycles. The molecule has 0 heterocycles. The molecule has 0 saturated heterocycles. The standard InChI is InChI=1S/C24H29NO4/c1-16(2)14-22(27)25-20-12-8-17(9-13-20)21(26)15-29-23(28)18-6-10-19(11-7-18)24(3,4)5/h6-13,16H,14-15H2,1-5H3,(H,25,27). The Bertz CT molecular complexity index is 859. The number of nitrogens with one attached hydrogen (secondary N) is 1. The number of rotatable bonds is 7. The quantitative estimate of drug-likeness (QED) is 0.528. The van der Waals surface area contributed by atoms with Gasteiger partial charge in [-0.15, -0.1) is 0 Å². The lowest BCUT2D eigenvalue weighted by molar-refractivity contribution is -0.116. The SMILES string of the molecule is CC(C)CC(=O)Nc1ccc(C(=O)COC(=O)c2ccc(C(C)(C)C)cc2)cc1. The molecule has 2 aromatic carbocycles. The molecule has 1 amide bonds. The van der Waals surface area contributed by atoms with Gasteiger partial charge >= 0.3 is 5.97 Å². The molecule has 29 heavy (non-hydrogen) atoms. The van der Waals surface area contributed by atoms with Crippen molar-refractivity contribution >= 4 is 23.3 Å². The van der Waals surface area contributed by atoms with Gasteiger partial charge < -0.3 is 10.1 Å². The highest BCUT2D eigenvalue weighted by atomic mass is 16.5. The maximum Gasteiger partial charge on any atom is 0.338 e. The minimum absolute atomic E-state index is 0.00117. The van der Waals surface area contributed by atoms with Gasteiger partial charge in [0, 0.05) is 17.7 Å². The van der Waals surface area contributed by atoms with Crippen LogP contribution in [0.2, 0.25) is 0 Å². The molecule has 0 atom stereocenters. The Morgan fingerprint density at radius 2 is 1.45 bits per heavy atom. The summed E-state index contributed by atoms with van der Waals surface area (Å²) in [6.07, 6.45) is 0.438. The molecule has 0 aliphatic carbocycles. The van der Waals surface area contributed by atoms with E-state index in [-0.39, 0.29) is 29.6 Å². The van der Waals surface area contributed by atoms with Crippen molar-refractivity contribution in [1.29, 1.82) is 0 Å². The topological polar surface area (TPSA) is 72.5 Å². The van der Waals surface area contributed by atoms with Gasteiger partial charge in [0.25, 0.3) is 0 Å². The van der Waals surface area contributed by atoms with E-state index in [1.165, 1.54) is 0 Å². The summed E-state index contributed by atoms with van der Waals surface area (Å²) in [6, 6.07) is 13.8. The van der Waals surface area contributed by atoms with Crippen LogP contribution in [0.15, 0.2) is 48.5 Å². The van der Waals surface area contributed by atoms with Crippen LogP contribution in [0, 0.1) is 5.92 Å². The number of carbonyl (C=O) groups is 3. The van der Waals surface area contributed by atoms with E-state index < -0.39 is 5.97 Å². The predicted molar refractivity (Wildman–Crippen MR) is 114 cm³/mol. The number of benzene rings is 2. The van der Waals surface area contributed by atoms with E-state index in [4.69, 9.17) is 4.74 Å². The third-order valence-electron chi connectivity index (χ3n) is 4.41. The Morgan fingerprint density at radius 3 is 1.97 bits per heavy atom. The molecule has 0 bridgehead atoms. The number of amides is 1. The second-order valence-corrected chi connectivity index (χ2v) is 8.55. The van der Waals surface area contributed by atoms with Crippen LogP contribution in [-0.4, -0.2) is 24.3 Å². The van der Waals surface area contributed by atoms with Crippen molar-refractivity contribution in [3.05, 3.63) is 65.2 Å². The number of ketones is 1. The Balaban J connectivity index is 1.90. The monoisotopic (exact) mass is 395 g/mol. The zero-order valence-corrected chi connectivity index (χ0v) is 17.7. The Hall–Kier alpha value is -2.95. The molecule has 1 N–H and O–H groups in total. The number of hydrogen-bond acceptors (Lipinski definition) is 4. The van der Waals surface area contributed by atoms with Crippen molar-refractivity contribution in [2.75, 3.05) is 11.9 Å². The normalized spacial score (nSPS) is 11.2. The summed E-state index contributed by atoms with van der Waals surface area (Å²) >= 11 is 0. The number of ether oxygens (including phenoxy) is 1. The van der Waals surface area contributed by atoms with E-state index in [0.29, 0.717) is 23.2 Å². The van der Waals surface area contributed by atoms with Gasteiger partial charge in [0.2, 0.25) is 5.91 Å². The van der Waals surface area contributed by atoms with Crippen LogP contribution in [0.3, 0.4) is 0 Å². The maximum atomic E-state index is 12.3. The molecular formula is C24H29NO4. The average Bonchev–Trinajstić information content (AvgIpc) is 2.65. The van der Waals surface area contributed by atoms with E-state index in [2.05, 4.69) is 26.1 Å². The number of esters is 1. The van der Waals surface area contributed by atoms with E-state index in [9.17, 15) is 14.4 Å². The van der Waals surface area contributed by atoms with Crippen molar-refractivity contribution < 1.29 is 19.1 Å². The first-order valence-corrected chi connectivity index (χ1v) is 9.77. The molecule has 0 aliphatic rings. The highest BCUT2D eigenvalue weighted by Gasteiger charge is 2.16. The second-order valence-electron chi connectivity index (χ2n) is 8.55. The Kier molecular flexibility index (Phi) is 7.32. The molecule has 0 radical (unpaired) electrons. The number of anilines is 1. The second kappa shape index (κ2) is 9.50. The van der Waals surface area contributed by atoms with Crippen LogP contribution < -0.4 is 5.32 Å². The van der Waals surface area contributed by atoms with Gasteiger partial charge in [0.1, 0.15) is 0 Å². The highest BCUT2D eigenvalue weighted by molar-refractivity contribution is 6.00. The van der Waals surface area contributed by atoms with E-state index in [0.717, 1.165) is 5.56 Å². The summed E-state index contributed by atoms with van der Waals surface area (Å²) in [5.41, 5.74) is 2.57. The predicted octanol–water partition coefficient (Wildman–Crippen LogP) is 5.01. The summed E-state index contributed by atoms with van der Waals surface area (Å²) in [7, 11) is 0. The van der Waals surface area contributed by atoms with Crippen LogP contribution in [0.5, 0.6) is 0 Å². The fourth-order valence-electron chi connectivity index (χ4n) is 2.73. The van der Waals surface area contributed by atoms with Gasteiger partial charge in [-0.25, -0.2) is 4.79 Å². The van der Waals surface area contributed by atoms with Gasteiger partial charge in [-0.2, -0.15) is 0 Å². The molecule has 0 aromatic heterocycles. The van der Waals surface area contributed by atoms with Gasteiger partial charge in [0.05, 0.1) is 5.56 Å². The number of Topliss-reactive ketones (excluding diaryl/α,β-unsaturated/α-hetero) is 1.